The van der Waals surface area contributed by atoms with Gasteiger partial charge < -0.3 is 5.32 Å². The Kier molecular flexibility index (Phi) is 3.79. The molecule has 0 aliphatic rings. The normalized spacial score (nSPS) is 10.3. The van der Waals surface area contributed by atoms with Gasteiger partial charge in [-0.3, -0.25) is 9.48 Å². The van der Waals surface area contributed by atoms with Gasteiger partial charge in [-0.25, -0.2) is 0 Å². The van der Waals surface area contributed by atoms with Crippen molar-refractivity contribution in [2.24, 2.45) is 7.05 Å². The van der Waals surface area contributed by atoms with Crippen LogP contribution in [0.3, 0.4) is 0 Å². The number of carbonyl (C=O) groups excluding carboxylic acids is 1. The highest BCUT2D eigenvalue weighted by molar-refractivity contribution is 6.01. The van der Waals surface area contributed by atoms with Crippen molar-refractivity contribution in [2.75, 3.05) is 5.32 Å². The van der Waals surface area contributed by atoms with Gasteiger partial charge in [-0.05, 0) is 24.3 Å². The molecule has 19 heavy (non-hydrogen) atoms. The summed E-state index contributed by atoms with van der Waals surface area (Å²) in [5.74, 6) is 2.31. The molecule has 1 N–H and O–H groups in total. The van der Waals surface area contributed by atoms with Gasteiger partial charge >= 0.3 is 0 Å². The van der Waals surface area contributed by atoms with Crippen molar-refractivity contribution in [3.63, 3.8) is 0 Å². The summed E-state index contributed by atoms with van der Waals surface area (Å²) in [6, 6.07) is 7.14. The second kappa shape index (κ2) is 5.69. The molecule has 0 saturated heterocycles. The van der Waals surface area contributed by atoms with Gasteiger partial charge in [0.2, 0.25) is 5.91 Å². The van der Waals surface area contributed by atoms with Crippen LogP contribution in [0.5, 0.6) is 0 Å². The van der Waals surface area contributed by atoms with Crippen LogP contribution in [0.1, 0.15) is 11.1 Å². The molecule has 1 aromatic carbocycles. The van der Waals surface area contributed by atoms with Crippen LogP contribution in [-0.2, 0) is 11.8 Å². The lowest BCUT2D eigenvalue weighted by Gasteiger charge is -2.02. The van der Waals surface area contributed by atoms with Crippen LogP contribution in [0.15, 0.2) is 42.7 Å². The Morgan fingerprint density at radius 2 is 2.37 bits per heavy atom. The second-order valence-corrected chi connectivity index (χ2v) is 4.00. The molecule has 4 heteroatoms. The monoisotopic (exact) mass is 251 g/mol. The number of hydrogen-bond acceptors (Lipinski definition) is 2. The van der Waals surface area contributed by atoms with E-state index in [-0.39, 0.29) is 5.91 Å². The van der Waals surface area contributed by atoms with Gasteiger partial charge in [-0.2, -0.15) is 5.10 Å². The maximum atomic E-state index is 11.7. The van der Waals surface area contributed by atoms with Crippen LogP contribution in [0.25, 0.3) is 6.08 Å². The first kappa shape index (κ1) is 12.7. The number of aryl methyl sites for hydroxylation is 1. The lowest BCUT2D eigenvalue weighted by molar-refractivity contribution is -0.111. The standard InChI is InChI=1S/C15H13N3O/c1-3-12-5-4-6-14(9-12)17-15(19)8-7-13-10-16-18(2)11-13/h1,4-11H,2H3,(H,17,19)/b8-7+. The van der Waals surface area contributed by atoms with Crippen molar-refractivity contribution in [2.45, 2.75) is 0 Å². The van der Waals surface area contributed by atoms with Gasteiger partial charge in [0.15, 0.2) is 0 Å². The molecule has 2 rings (SSSR count). The minimum absolute atomic E-state index is 0.210. The number of nitrogens with one attached hydrogen (secondary N) is 1. The molecule has 0 unspecified atom stereocenters. The highest BCUT2D eigenvalue weighted by Gasteiger charge is 1.99. The summed E-state index contributed by atoms with van der Waals surface area (Å²) >= 11 is 0. The molecule has 4 nitrogen and oxygen atoms in total. The topological polar surface area (TPSA) is 46.9 Å². The molecule has 0 atom stereocenters. The molecule has 0 spiro atoms. The van der Waals surface area contributed by atoms with Crippen molar-refractivity contribution >= 4 is 17.7 Å². The SMILES string of the molecule is C#Cc1cccc(NC(=O)/C=C/c2cnn(C)c2)c1. The first-order chi connectivity index (χ1) is 9.17. The van der Waals surface area contributed by atoms with Crippen molar-refractivity contribution < 1.29 is 4.79 Å². The number of aromatic nitrogens is 2. The molecular formula is C15H13N3O. The van der Waals surface area contributed by atoms with Gasteiger partial charge in [0.05, 0.1) is 6.20 Å². The van der Waals surface area contributed by atoms with E-state index in [0.29, 0.717) is 5.69 Å². The summed E-state index contributed by atoms with van der Waals surface area (Å²) in [7, 11) is 1.82. The van der Waals surface area contributed by atoms with Gasteiger partial charge in [0, 0.05) is 36.1 Å². The molecule has 0 aliphatic carbocycles. The average Bonchev–Trinajstić information content (AvgIpc) is 2.82. The van der Waals surface area contributed by atoms with Crippen LogP contribution in [0.2, 0.25) is 0 Å². The van der Waals surface area contributed by atoms with E-state index < -0.39 is 0 Å². The van der Waals surface area contributed by atoms with Crippen LogP contribution in [0.4, 0.5) is 5.69 Å². The highest BCUT2D eigenvalue weighted by atomic mass is 16.1. The van der Waals surface area contributed by atoms with Gasteiger partial charge in [-0.1, -0.05) is 12.0 Å². The van der Waals surface area contributed by atoms with E-state index in [9.17, 15) is 4.79 Å². The smallest absolute Gasteiger partial charge is 0.248 e. The van der Waals surface area contributed by atoms with E-state index in [1.54, 1.807) is 41.2 Å². The zero-order valence-electron chi connectivity index (χ0n) is 10.5. The summed E-state index contributed by atoms with van der Waals surface area (Å²) in [5.41, 5.74) is 2.28. The van der Waals surface area contributed by atoms with Crippen LogP contribution in [-0.4, -0.2) is 15.7 Å². The molecule has 0 radical (unpaired) electrons. The third kappa shape index (κ3) is 3.58. The van der Waals surface area contributed by atoms with E-state index in [4.69, 9.17) is 6.42 Å². The Bertz CT molecular complexity index is 662. The first-order valence-corrected chi connectivity index (χ1v) is 5.72. The molecular weight excluding hydrogens is 238 g/mol. The summed E-state index contributed by atoms with van der Waals surface area (Å²) in [6.07, 6.45) is 12.0. The van der Waals surface area contributed by atoms with Crippen molar-refractivity contribution in [3.05, 3.63) is 53.9 Å². The zero-order valence-corrected chi connectivity index (χ0v) is 10.5. The van der Waals surface area contributed by atoms with E-state index in [0.717, 1.165) is 11.1 Å². The molecule has 0 saturated carbocycles. The fourth-order valence-corrected chi connectivity index (χ4v) is 1.57. The molecule has 1 aromatic heterocycles. The largest absolute Gasteiger partial charge is 0.322 e. The minimum Gasteiger partial charge on any atom is -0.322 e. The lowest BCUT2D eigenvalue weighted by Crippen LogP contribution is -2.07. The van der Waals surface area contributed by atoms with Crippen molar-refractivity contribution in [1.29, 1.82) is 0 Å². The molecule has 0 aliphatic heterocycles. The molecule has 0 fully saturated rings. The Morgan fingerprint density at radius 3 is 3.05 bits per heavy atom. The Hall–Kier alpha value is -2.80. The lowest BCUT2D eigenvalue weighted by atomic mass is 10.2. The summed E-state index contributed by atoms with van der Waals surface area (Å²) in [6.45, 7) is 0. The average molecular weight is 251 g/mol. The molecule has 2 aromatic rings. The maximum Gasteiger partial charge on any atom is 0.248 e. The maximum absolute atomic E-state index is 11.7. The third-order valence-electron chi connectivity index (χ3n) is 2.45. The highest BCUT2D eigenvalue weighted by Crippen LogP contribution is 2.10. The van der Waals surface area contributed by atoms with Crippen LogP contribution in [0, 0.1) is 12.3 Å². The van der Waals surface area contributed by atoms with Gasteiger partial charge in [0.1, 0.15) is 0 Å². The summed E-state index contributed by atoms with van der Waals surface area (Å²) in [5, 5.41) is 6.76. The summed E-state index contributed by atoms with van der Waals surface area (Å²) < 4.78 is 1.67. The van der Waals surface area contributed by atoms with E-state index in [1.165, 1.54) is 6.08 Å². The fraction of sp³-hybridized carbons (Fsp3) is 0.0667. The molecule has 1 amide bonds. The zero-order chi connectivity index (χ0) is 13.7. The number of nitrogens with zero attached hydrogens (tertiary/aromatic N) is 2. The Morgan fingerprint density at radius 1 is 1.53 bits per heavy atom. The molecule has 0 bridgehead atoms. The van der Waals surface area contributed by atoms with Gasteiger partial charge in [-0.15, -0.1) is 6.42 Å². The number of terminal acetylenes is 1. The first-order valence-electron chi connectivity index (χ1n) is 5.72. The molecule has 94 valence electrons. The third-order valence-corrected chi connectivity index (χ3v) is 2.45. The fourth-order valence-electron chi connectivity index (χ4n) is 1.57. The van der Waals surface area contributed by atoms with Crippen molar-refractivity contribution in [1.82, 2.24) is 9.78 Å². The number of carbonyl (C=O) groups is 1. The number of rotatable bonds is 3. The van der Waals surface area contributed by atoms with E-state index in [1.807, 2.05) is 13.2 Å². The van der Waals surface area contributed by atoms with Crippen molar-refractivity contribution in [3.8, 4) is 12.3 Å². The Labute approximate surface area is 111 Å². The van der Waals surface area contributed by atoms with Crippen LogP contribution < -0.4 is 5.32 Å². The number of hydrogen-bond donors (Lipinski definition) is 1. The van der Waals surface area contributed by atoms with E-state index >= 15 is 0 Å². The predicted octanol–water partition coefficient (Wildman–Crippen LogP) is 2.05. The van der Waals surface area contributed by atoms with Gasteiger partial charge in [0.25, 0.3) is 0 Å². The number of amides is 1. The predicted molar refractivity (Wildman–Crippen MR) is 75.2 cm³/mol. The quantitative estimate of drug-likeness (QED) is 0.670. The summed E-state index contributed by atoms with van der Waals surface area (Å²) in [4.78, 5) is 11.7. The Balaban J connectivity index is 2.01. The number of anilines is 1. The second-order valence-electron chi connectivity index (χ2n) is 4.00. The minimum atomic E-state index is -0.210. The number of benzene rings is 1. The molecule has 1 heterocycles. The van der Waals surface area contributed by atoms with Crippen LogP contribution >= 0.6 is 0 Å². The van der Waals surface area contributed by atoms with E-state index in [2.05, 4.69) is 16.3 Å².